The van der Waals surface area contributed by atoms with Crippen LogP contribution in [-0.2, 0) is 16.2 Å². The lowest BCUT2D eigenvalue weighted by Gasteiger charge is -2.33. The Bertz CT molecular complexity index is 1230. The topological polar surface area (TPSA) is 40.6 Å². The van der Waals surface area contributed by atoms with E-state index in [0.717, 1.165) is 11.1 Å². The summed E-state index contributed by atoms with van der Waals surface area (Å²) in [5, 5.41) is 0. The summed E-state index contributed by atoms with van der Waals surface area (Å²) in [6, 6.07) is 17.8. The fourth-order valence-corrected chi connectivity index (χ4v) is 5.85. The van der Waals surface area contributed by atoms with Gasteiger partial charge in [0.1, 0.15) is 11.6 Å². The predicted octanol–water partition coefficient (Wildman–Crippen LogP) is 4.86. The van der Waals surface area contributed by atoms with E-state index in [4.69, 9.17) is 0 Å². The summed E-state index contributed by atoms with van der Waals surface area (Å²) < 4.78 is 28.7. The number of hydrogen-bond acceptors (Lipinski definition) is 3. The number of carbonyl (C=O) groups is 2. The molecule has 3 aromatic rings. The van der Waals surface area contributed by atoms with Gasteiger partial charge in [-0.2, -0.15) is 0 Å². The highest BCUT2D eigenvalue weighted by atomic mass is 32.2. The van der Waals surface area contributed by atoms with Crippen molar-refractivity contribution in [2.24, 2.45) is 0 Å². The van der Waals surface area contributed by atoms with Crippen LogP contribution < -0.4 is 4.90 Å². The molecule has 0 N–H and O–H groups in total. The summed E-state index contributed by atoms with van der Waals surface area (Å²) in [6.07, 6.45) is 0. The molecular formula is C25H20F2N2O2S. The van der Waals surface area contributed by atoms with Gasteiger partial charge in [-0.25, -0.2) is 8.78 Å². The van der Waals surface area contributed by atoms with Gasteiger partial charge in [0, 0.05) is 17.9 Å². The van der Waals surface area contributed by atoms with Crippen molar-refractivity contribution in [3.8, 4) is 0 Å². The second kappa shape index (κ2) is 7.74. The van der Waals surface area contributed by atoms with Gasteiger partial charge in [0.05, 0.1) is 17.8 Å². The molecule has 7 heteroatoms. The first kappa shape index (κ1) is 20.7. The number of nitrogens with zero attached hydrogens (tertiary/aromatic N) is 2. The van der Waals surface area contributed by atoms with Gasteiger partial charge < -0.3 is 9.80 Å². The zero-order chi connectivity index (χ0) is 22.5. The fraction of sp³-hybridized carbons (Fsp3) is 0.200. The quantitative estimate of drug-likeness (QED) is 0.572. The number of halogens is 2. The zero-order valence-electron chi connectivity index (χ0n) is 17.3. The molecule has 5 rings (SSSR count). The molecule has 2 aliphatic heterocycles. The fourth-order valence-electron chi connectivity index (χ4n) is 4.40. The second-order valence-electron chi connectivity index (χ2n) is 7.97. The van der Waals surface area contributed by atoms with Crippen LogP contribution in [0, 0.1) is 18.6 Å². The number of benzene rings is 3. The highest BCUT2D eigenvalue weighted by Gasteiger charge is 2.59. The van der Waals surface area contributed by atoms with E-state index in [1.165, 1.54) is 47.0 Å². The summed E-state index contributed by atoms with van der Waals surface area (Å²) in [7, 11) is 0. The minimum atomic E-state index is -1.42. The third kappa shape index (κ3) is 3.11. The van der Waals surface area contributed by atoms with E-state index >= 15 is 0 Å². The van der Waals surface area contributed by atoms with E-state index in [9.17, 15) is 18.4 Å². The van der Waals surface area contributed by atoms with Crippen LogP contribution in [0.25, 0.3) is 0 Å². The molecule has 1 saturated heterocycles. The number of rotatable bonds is 3. The first-order chi connectivity index (χ1) is 15.4. The molecule has 1 atom stereocenters. The van der Waals surface area contributed by atoms with E-state index in [0.29, 0.717) is 23.5 Å². The van der Waals surface area contributed by atoms with Crippen LogP contribution in [0.5, 0.6) is 0 Å². The van der Waals surface area contributed by atoms with Crippen LogP contribution in [0.1, 0.15) is 27.0 Å². The van der Waals surface area contributed by atoms with Crippen molar-refractivity contribution >= 4 is 29.3 Å². The minimum absolute atomic E-state index is 0.0999. The molecule has 0 radical (unpaired) electrons. The van der Waals surface area contributed by atoms with E-state index in [1.54, 1.807) is 17.0 Å². The van der Waals surface area contributed by atoms with Crippen LogP contribution in [0.2, 0.25) is 0 Å². The average Bonchev–Trinajstić information content (AvgIpc) is 3.32. The molecule has 0 saturated carbocycles. The van der Waals surface area contributed by atoms with Gasteiger partial charge in [0.2, 0.25) is 0 Å². The van der Waals surface area contributed by atoms with Gasteiger partial charge in [-0.05, 0) is 42.8 Å². The maximum Gasteiger partial charge on any atom is 0.268 e. The first-order valence-corrected chi connectivity index (χ1v) is 11.3. The van der Waals surface area contributed by atoms with Gasteiger partial charge in [0.25, 0.3) is 11.8 Å². The van der Waals surface area contributed by atoms with E-state index < -0.39 is 22.4 Å². The van der Waals surface area contributed by atoms with Gasteiger partial charge in [-0.15, -0.1) is 11.8 Å². The molecular weight excluding hydrogens is 430 g/mol. The molecule has 0 bridgehead atoms. The Morgan fingerprint density at radius 2 is 1.81 bits per heavy atom. The lowest BCUT2D eigenvalue weighted by atomic mass is 10.0. The van der Waals surface area contributed by atoms with Crippen molar-refractivity contribution in [2.75, 3.05) is 17.2 Å². The van der Waals surface area contributed by atoms with Gasteiger partial charge in [0.15, 0.2) is 4.87 Å². The number of amides is 2. The molecule has 32 heavy (non-hydrogen) atoms. The smallest absolute Gasteiger partial charge is 0.268 e. The highest BCUT2D eigenvalue weighted by molar-refractivity contribution is 8.01. The molecule has 0 unspecified atom stereocenters. The van der Waals surface area contributed by atoms with Gasteiger partial charge in [-0.3, -0.25) is 9.59 Å². The summed E-state index contributed by atoms with van der Waals surface area (Å²) in [5.41, 5.74) is 2.93. The molecule has 2 heterocycles. The summed E-state index contributed by atoms with van der Waals surface area (Å²) in [4.78, 5) is 28.9. The third-order valence-corrected chi connectivity index (χ3v) is 7.39. The van der Waals surface area contributed by atoms with Crippen LogP contribution in [0.4, 0.5) is 14.5 Å². The standard InChI is InChI=1S/C25H20F2N2O2S/c1-16-6-8-17(9-7-16)15-28-22-11-10-18(26)14-20(22)25(24(28)31)29(12-13-32-25)23(30)19-4-2-3-5-21(19)27/h2-11,14H,12-13,15H2,1H3/t25-/m1/s1. The Labute approximate surface area is 188 Å². The Balaban J connectivity index is 1.60. The molecule has 3 aromatic carbocycles. The number of fused-ring (bicyclic) bond motifs is 2. The normalized spacial score (nSPS) is 19.7. The zero-order valence-corrected chi connectivity index (χ0v) is 18.2. The van der Waals surface area contributed by atoms with Crippen molar-refractivity contribution in [1.82, 2.24) is 4.90 Å². The summed E-state index contributed by atoms with van der Waals surface area (Å²) in [6.45, 7) is 2.54. The average molecular weight is 451 g/mol. The van der Waals surface area contributed by atoms with Gasteiger partial charge >= 0.3 is 0 Å². The third-order valence-electron chi connectivity index (χ3n) is 5.97. The van der Waals surface area contributed by atoms with Crippen molar-refractivity contribution in [2.45, 2.75) is 18.3 Å². The number of hydrogen-bond donors (Lipinski definition) is 0. The second-order valence-corrected chi connectivity index (χ2v) is 9.26. The minimum Gasteiger partial charge on any atom is -0.311 e. The van der Waals surface area contributed by atoms with Gasteiger partial charge in [-0.1, -0.05) is 42.0 Å². The first-order valence-electron chi connectivity index (χ1n) is 10.3. The number of aryl methyl sites for hydroxylation is 1. The SMILES string of the molecule is Cc1ccc(CN2C(=O)[C@]3(SCCN3C(=O)c3ccccc3F)c3cc(F)ccc32)cc1. The molecule has 0 aliphatic carbocycles. The number of thioether (sulfide) groups is 1. The lowest BCUT2D eigenvalue weighted by molar-refractivity contribution is -0.123. The van der Waals surface area contributed by atoms with Crippen LogP contribution >= 0.6 is 11.8 Å². The predicted molar refractivity (Wildman–Crippen MR) is 120 cm³/mol. The largest absolute Gasteiger partial charge is 0.311 e. The van der Waals surface area contributed by atoms with Crippen LogP contribution in [0.15, 0.2) is 66.7 Å². The molecule has 0 aromatic heterocycles. The van der Waals surface area contributed by atoms with Crippen molar-refractivity contribution in [3.63, 3.8) is 0 Å². The molecule has 1 fully saturated rings. The summed E-state index contributed by atoms with van der Waals surface area (Å²) >= 11 is 1.29. The molecule has 162 valence electrons. The van der Waals surface area contributed by atoms with E-state index in [2.05, 4.69) is 0 Å². The number of carbonyl (C=O) groups excluding carboxylic acids is 2. The molecule has 2 aliphatic rings. The van der Waals surface area contributed by atoms with Crippen LogP contribution in [0.3, 0.4) is 0 Å². The Kier molecular flexibility index (Phi) is 5.01. The maximum absolute atomic E-state index is 14.4. The number of anilines is 1. The Morgan fingerprint density at radius 1 is 1.06 bits per heavy atom. The lowest BCUT2D eigenvalue weighted by Crippen LogP contribution is -2.50. The maximum atomic E-state index is 14.4. The summed E-state index contributed by atoms with van der Waals surface area (Å²) in [5.74, 6) is -1.54. The van der Waals surface area contributed by atoms with Crippen LogP contribution in [-0.4, -0.2) is 29.0 Å². The monoisotopic (exact) mass is 450 g/mol. The van der Waals surface area contributed by atoms with Crippen molar-refractivity contribution < 1.29 is 18.4 Å². The van der Waals surface area contributed by atoms with Crippen molar-refractivity contribution in [1.29, 1.82) is 0 Å². The Hall–Kier alpha value is -3.19. The molecule has 2 amide bonds. The van der Waals surface area contributed by atoms with Crippen molar-refractivity contribution in [3.05, 3.63) is 101 Å². The highest BCUT2D eigenvalue weighted by Crippen LogP contribution is 2.55. The Morgan fingerprint density at radius 3 is 2.56 bits per heavy atom. The van der Waals surface area contributed by atoms with E-state index in [1.807, 2.05) is 31.2 Å². The van der Waals surface area contributed by atoms with E-state index in [-0.39, 0.29) is 18.0 Å². The molecule has 1 spiro atoms. The molecule has 4 nitrogen and oxygen atoms in total.